The Balaban J connectivity index is 2.67. The number of imidazole rings is 1. The highest BCUT2D eigenvalue weighted by molar-refractivity contribution is 6.16. The fourth-order valence-electron chi connectivity index (χ4n) is 0.836. The number of nitrogens with zero attached hydrogens (tertiary/aromatic N) is 3. The smallest absolute Gasteiger partial charge is 0.180 e. The maximum atomic E-state index is 5.53. The van der Waals surface area contributed by atoms with Gasteiger partial charge in [0.25, 0.3) is 0 Å². The fraction of sp³-hybridized carbons (Fsp3) is 0.167. The quantitative estimate of drug-likeness (QED) is 0.649. The van der Waals surface area contributed by atoms with Crippen LogP contribution in [0.1, 0.15) is 5.82 Å². The maximum absolute atomic E-state index is 5.53. The molecule has 0 aliphatic heterocycles. The monoisotopic (exact) mass is 168 g/mol. The largest absolute Gasteiger partial charge is 0.342 e. The van der Waals surface area contributed by atoms with Crippen molar-refractivity contribution in [3.63, 3.8) is 0 Å². The van der Waals surface area contributed by atoms with Crippen molar-refractivity contribution in [3.8, 4) is 0 Å². The zero-order chi connectivity index (χ0) is 7.68. The van der Waals surface area contributed by atoms with Gasteiger partial charge in [0.2, 0.25) is 0 Å². The number of aromatic nitrogens is 4. The van der Waals surface area contributed by atoms with E-state index >= 15 is 0 Å². The van der Waals surface area contributed by atoms with E-state index in [0.717, 1.165) is 5.52 Å². The van der Waals surface area contributed by atoms with Crippen LogP contribution in [-0.4, -0.2) is 19.9 Å². The summed E-state index contributed by atoms with van der Waals surface area (Å²) in [5.41, 5.74) is 1.49. The predicted molar refractivity (Wildman–Crippen MR) is 41.2 cm³/mol. The molecule has 0 amide bonds. The lowest BCUT2D eigenvalue weighted by molar-refractivity contribution is 1.05. The zero-order valence-electron chi connectivity index (χ0n) is 5.58. The van der Waals surface area contributed by atoms with Crippen LogP contribution >= 0.6 is 11.6 Å². The fourth-order valence-corrected chi connectivity index (χ4v) is 0.964. The number of H-pyrrole nitrogens is 1. The molecule has 0 radical (unpaired) electrons. The van der Waals surface area contributed by atoms with Gasteiger partial charge in [-0.25, -0.2) is 15.0 Å². The van der Waals surface area contributed by atoms with Crippen LogP contribution in [0.25, 0.3) is 11.2 Å². The minimum Gasteiger partial charge on any atom is -0.342 e. The summed E-state index contributed by atoms with van der Waals surface area (Å²) in [5.74, 6) is 0.925. The molecule has 5 heteroatoms. The molecule has 2 aromatic rings. The van der Waals surface area contributed by atoms with Crippen molar-refractivity contribution in [2.45, 2.75) is 5.88 Å². The molecule has 2 heterocycles. The van der Waals surface area contributed by atoms with Crippen LogP contribution in [0.2, 0.25) is 0 Å². The number of rotatable bonds is 1. The SMILES string of the molecule is ClCc1ncc2[nH]cnc2n1. The normalized spacial score (nSPS) is 10.6. The average Bonchev–Trinajstić information content (AvgIpc) is 2.50. The van der Waals surface area contributed by atoms with Crippen molar-refractivity contribution in [3.05, 3.63) is 18.3 Å². The van der Waals surface area contributed by atoms with E-state index < -0.39 is 0 Å². The minimum atomic E-state index is 0.322. The van der Waals surface area contributed by atoms with Crippen LogP contribution in [-0.2, 0) is 5.88 Å². The molecular formula is C6H5ClN4. The first-order valence-electron chi connectivity index (χ1n) is 3.11. The number of halogens is 1. The van der Waals surface area contributed by atoms with Gasteiger partial charge in [0, 0.05) is 0 Å². The van der Waals surface area contributed by atoms with Gasteiger partial charge < -0.3 is 4.98 Å². The van der Waals surface area contributed by atoms with Crippen LogP contribution in [0.15, 0.2) is 12.5 Å². The van der Waals surface area contributed by atoms with Gasteiger partial charge in [-0.1, -0.05) is 0 Å². The molecule has 0 spiro atoms. The van der Waals surface area contributed by atoms with E-state index in [1.807, 2.05) is 0 Å². The summed E-state index contributed by atoms with van der Waals surface area (Å²) in [5, 5.41) is 0. The Labute approximate surface area is 67.6 Å². The summed E-state index contributed by atoms with van der Waals surface area (Å²) in [6.45, 7) is 0. The lowest BCUT2D eigenvalue weighted by Gasteiger charge is -1.90. The van der Waals surface area contributed by atoms with E-state index in [0.29, 0.717) is 17.4 Å². The van der Waals surface area contributed by atoms with E-state index in [2.05, 4.69) is 19.9 Å². The molecule has 2 aromatic heterocycles. The summed E-state index contributed by atoms with van der Waals surface area (Å²) in [7, 11) is 0. The number of alkyl halides is 1. The third kappa shape index (κ3) is 1.05. The highest BCUT2D eigenvalue weighted by Gasteiger charge is 1.98. The van der Waals surface area contributed by atoms with Crippen LogP contribution in [0, 0.1) is 0 Å². The molecule has 4 nitrogen and oxygen atoms in total. The Morgan fingerprint density at radius 1 is 1.45 bits per heavy atom. The molecule has 0 bridgehead atoms. The van der Waals surface area contributed by atoms with Gasteiger partial charge in [0.05, 0.1) is 18.4 Å². The Morgan fingerprint density at radius 3 is 3.18 bits per heavy atom. The van der Waals surface area contributed by atoms with E-state index in [-0.39, 0.29) is 0 Å². The summed E-state index contributed by atoms with van der Waals surface area (Å²) in [4.78, 5) is 14.9. The van der Waals surface area contributed by atoms with Crippen LogP contribution in [0.4, 0.5) is 0 Å². The second-order valence-corrected chi connectivity index (χ2v) is 2.33. The van der Waals surface area contributed by atoms with Crippen molar-refractivity contribution in [2.75, 3.05) is 0 Å². The van der Waals surface area contributed by atoms with Gasteiger partial charge in [-0.3, -0.25) is 0 Å². The molecule has 0 fully saturated rings. The van der Waals surface area contributed by atoms with Crippen molar-refractivity contribution in [1.29, 1.82) is 0 Å². The third-order valence-corrected chi connectivity index (χ3v) is 1.58. The number of hydrogen-bond acceptors (Lipinski definition) is 3. The van der Waals surface area contributed by atoms with Gasteiger partial charge in [0.1, 0.15) is 11.3 Å². The molecule has 0 aromatic carbocycles. The number of hydrogen-bond donors (Lipinski definition) is 1. The lowest BCUT2D eigenvalue weighted by atomic mass is 10.5. The Kier molecular flexibility index (Phi) is 1.47. The van der Waals surface area contributed by atoms with Gasteiger partial charge in [-0.2, -0.15) is 0 Å². The molecule has 56 valence electrons. The van der Waals surface area contributed by atoms with Crippen LogP contribution in [0.3, 0.4) is 0 Å². The first-order valence-corrected chi connectivity index (χ1v) is 3.64. The highest BCUT2D eigenvalue weighted by atomic mass is 35.5. The second kappa shape index (κ2) is 2.47. The number of nitrogens with one attached hydrogen (secondary N) is 1. The van der Waals surface area contributed by atoms with E-state index in [9.17, 15) is 0 Å². The maximum Gasteiger partial charge on any atom is 0.180 e. The third-order valence-electron chi connectivity index (χ3n) is 1.34. The summed E-state index contributed by atoms with van der Waals surface area (Å²) in [6, 6.07) is 0. The molecule has 1 N–H and O–H groups in total. The molecule has 0 aliphatic rings. The Morgan fingerprint density at radius 2 is 2.36 bits per heavy atom. The Hall–Kier alpha value is -1.16. The Bertz CT molecular complexity index is 369. The van der Waals surface area contributed by atoms with Gasteiger partial charge in [-0.05, 0) is 0 Å². The van der Waals surface area contributed by atoms with Crippen molar-refractivity contribution in [2.24, 2.45) is 0 Å². The standard InChI is InChI=1S/C6H5ClN4/c7-1-5-8-2-4-6(11-5)10-3-9-4/h2-3H,1H2,(H,8,9,10,11). The molecule has 0 atom stereocenters. The first kappa shape index (κ1) is 6.54. The van der Waals surface area contributed by atoms with Crippen LogP contribution in [0.5, 0.6) is 0 Å². The number of aromatic amines is 1. The van der Waals surface area contributed by atoms with Crippen molar-refractivity contribution in [1.82, 2.24) is 19.9 Å². The topological polar surface area (TPSA) is 54.5 Å². The van der Waals surface area contributed by atoms with Gasteiger partial charge in [0.15, 0.2) is 5.65 Å². The molecule has 2 rings (SSSR count). The van der Waals surface area contributed by atoms with E-state index in [4.69, 9.17) is 11.6 Å². The molecule has 0 saturated heterocycles. The molecule has 0 aliphatic carbocycles. The molecule has 0 unspecified atom stereocenters. The molecule has 11 heavy (non-hydrogen) atoms. The van der Waals surface area contributed by atoms with Crippen molar-refractivity contribution < 1.29 is 0 Å². The molecule has 0 saturated carbocycles. The second-order valence-electron chi connectivity index (χ2n) is 2.06. The zero-order valence-corrected chi connectivity index (χ0v) is 6.34. The lowest BCUT2D eigenvalue weighted by Crippen LogP contribution is -1.90. The van der Waals surface area contributed by atoms with Gasteiger partial charge in [-0.15, -0.1) is 11.6 Å². The predicted octanol–water partition coefficient (Wildman–Crippen LogP) is 1.09. The van der Waals surface area contributed by atoms with Crippen LogP contribution < -0.4 is 0 Å². The first-order chi connectivity index (χ1) is 5.40. The average molecular weight is 169 g/mol. The summed E-state index contributed by atoms with van der Waals surface area (Å²) < 4.78 is 0. The molecular weight excluding hydrogens is 164 g/mol. The highest BCUT2D eigenvalue weighted by Crippen LogP contribution is 2.04. The minimum absolute atomic E-state index is 0.322. The summed E-state index contributed by atoms with van der Waals surface area (Å²) in [6.07, 6.45) is 3.25. The summed E-state index contributed by atoms with van der Waals surface area (Å²) >= 11 is 5.53. The van der Waals surface area contributed by atoms with E-state index in [1.165, 1.54) is 0 Å². The van der Waals surface area contributed by atoms with E-state index in [1.54, 1.807) is 12.5 Å². The van der Waals surface area contributed by atoms with Crippen molar-refractivity contribution >= 4 is 22.8 Å². The van der Waals surface area contributed by atoms with Gasteiger partial charge >= 0.3 is 0 Å². The number of fused-ring (bicyclic) bond motifs is 1.